The first-order valence-corrected chi connectivity index (χ1v) is 6.68. The molecule has 1 aromatic rings. The molecule has 2 unspecified atom stereocenters. The Labute approximate surface area is 114 Å². The first-order chi connectivity index (χ1) is 8.65. The van der Waals surface area contributed by atoms with Crippen LogP contribution in [0.4, 0.5) is 0 Å². The first-order valence-electron chi connectivity index (χ1n) is 6.30. The van der Waals surface area contributed by atoms with Gasteiger partial charge in [0, 0.05) is 17.1 Å². The van der Waals surface area contributed by atoms with Crippen LogP contribution in [0.15, 0.2) is 24.3 Å². The number of benzene rings is 1. The maximum atomic E-state index is 9.79. The largest absolute Gasteiger partial charge is 0.392 e. The molecule has 1 aliphatic heterocycles. The minimum atomic E-state index is -0.212. The predicted molar refractivity (Wildman–Crippen MR) is 74.6 cm³/mol. The molecule has 3 heteroatoms. The highest BCUT2D eigenvalue weighted by molar-refractivity contribution is 6.30. The Kier molecular flexibility index (Phi) is 4.66. The number of piperidine rings is 1. The van der Waals surface area contributed by atoms with E-state index in [9.17, 15) is 5.11 Å². The zero-order valence-corrected chi connectivity index (χ0v) is 11.3. The van der Waals surface area contributed by atoms with Crippen LogP contribution in [0.5, 0.6) is 0 Å². The molecule has 1 heterocycles. The Morgan fingerprint density at radius 1 is 1.39 bits per heavy atom. The molecule has 0 saturated carbocycles. The van der Waals surface area contributed by atoms with Crippen LogP contribution in [0.25, 0.3) is 0 Å². The van der Waals surface area contributed by atoms with Crippen LogP contribution in [0, 0.1) is 17.8 Å². The van der Waals surface area contributed by atoms with E-state index in [1.165, 1.54) is 0 Å². The zero-order chi connectivity index (χ0) is 13.0. The molecular formula is C15H18ClNO. The van der Waals surface area contributed by atoms with Gasteiger partial charge in [0.05, 0.1) is 12.6 Å². The van der Waals surface area contributed by atoms with Gasteiger partial charge in [0.2, 0.25) is 0 Å². The van der Waals surface area contributed by atoms with Gasteiger partial charge in [-0.15, -0.1) is 0 Å². The normalized spacial score (nSPS) is 24.4. The van der Waals surface area contributed by atoms with Crippen molar-refractivity contribution in [1.29, 1.82) is 0 Å². The lowest BCUT2D eigenvalue weighted by atomic mass is 9.96. The van der Waals surface area contributed by atoms with Gasteiger partial charge < -0.3 is 5.11 Å². The molecule has 1 aliphatic rings. The smallest absolute Gasteiger partial charge is 0.0693 e. The fourth-order valence-electron chi connectivity index (χ4n) is 2.04. The quantitative estimate of drug-likeness (QED) is 0.787. The molecule has 2 rings (SSSR count). The number of nitrogens with zero attached hydrogens (tertiary/aromatic N) is 1. The summed E-state index contributed by atoms with van der Waals surface area (Å²) < 4.78 is 0. The van der Waals surface area contributed by atoms with Crippen LogP contribution in [0.3, 0.4) is 0 Å². The van der Waals surface area contributed by atoms with E-state index in [-0.39, 0.29) is 6.10 Å². The molecule has 0 spiro atoms. The van der Waals surface area contributed by atoms with E-state index in [0.717, 1.165) is 30.1 Å². The van der Waals surface area contributed by atoms with Crippen LogP contribution in [0.2, 0.25) is 5.02 Å². The second-order valence-electron chi connectivity index (χ2n) is 4.88. The Morgan fingerprint density at radius 2 is 2.11 bits per heavy atom. The van der Waals surface area contributed by atoms with Gasteiger partial charge >= 0.3 is 0 Å². The number of β-amino-alcohol motifs (C(OH)–C–C–N with tert-alkyl or cyclic N) is 1. The van der Waals surface area contributed by atoms with Gasteiger partial charge in [0.1, 0.15) is 0 Å². The van der Waals surface area contributed by atoms with E-state index >= 15 is 0 Å². The number of aliphatic hydroxyl groups excluding tert-OH is 1. The second-order valence-corrected chi connectivity index (χ2v) is 5.31. The van der Waals surface area contributed by atoms with Crippen LogP contribution in [-0.4, -0.2) is 35.7 Å². The van der Waals surface area contributed by atoms with E-state index in [1.54, 1.807) is 0 Å². The standard InChI is InChI=1S/C15H18ClNO/c1-12-8-10-17(11-15(12)18)9-2-3-13-4-6-14(16)7-5-13/h4-7,12,15,18H,8-11H2,1H3. The van der Waals surface area contributed by atoms with E-state index in [1.807, 2.05) is 24.3 Å². The van der Waals surface area contributed by atoms with Gasteiger partial charge in [-0.1, -0.05) is 30.4 Å². The summed E-state index contributed by atoms with van der Waals surface area (Å²) in [5.74, 6) is 6.67. The number of likely N-dealkylation sites (tertiary alicyclic amines) is 1. The lowest BCUT2D eigenvalue weighted by Gasteiger charge is -2.32. The molecule has 0 aliphatic carbocycles. The topological polar surface area (TPSA) is 23.5 Å². The van der Waals surface area contributed by atoms with Crippen molar-refractivity contribution >= 4 is 11.6 Å². The third-order valence-corrected chi connectivity index (χ3v) is 3.63. The third kappa shape index (κ3) is 3.74. The fourth-order valence-corrected chi connectivity index (χ4v) is 2.17. The van der Waals surface area contributed by atoms with Crippen molar-refractivity contribution in [3.8, 4) is 11.8 Å². The SMILES string of the molecule is CC1CCN(CC#Cc2ccc(Cl)cc2)CC1O. The average Bonchev–Trinajstić information content (AvgIpc) is 2.36. The highest BCUT2D eigenvalue weighted by atomic mass is 35.5. The number of halogens is 1. The summed E-state index contributed by atoms with van der Waals surface area (Å²) in [6, 6.07) is 7.53. The Hall–Kier alpha value is -1.01. The molecule has 0 bridgehead atoms. The molecule has 0 amide bonds. The Balaban J connectivity index is 1.87. The molecule has 2 atom stereocenters. The minimum absolute atomic E-state index is 0.212. The van der Waals surface area contributed by atoms with E-state index < -0.39 is 0 Å². The number of rotatable bonds is 1. The van der Waals surface area contributed by atoms with Crippen molar-refractivity contribution in [2.24, 2.45) is 5.92 Å². The second kappa shape index (κ2) is 6.24. The average molecular weight is 264 g/mol. The highest BCUT2D eigenvalue weighted by Gasteiger charge is 2.23. The van der Waals surface area contributed by atoms with Crippen LogP contribution in [0.1, 0.15) is 18.9 Å². The lowest BCUT2D eigenvalue weighted by Crippen LogP contribution is -2.42. The van der Waals surface area contributed by atoms with Gasteiger partial charge in [-0.25, -0.2) is 0 Å². The molecule has 1 aromatic carbocycles. The van der Waals surface area contributed by atoms with Crippen molar-refractivity contribution < 1.29 is 5.11 Å². The molecular weight excluding hydrogens is 246 g/mol. The summed E-state index contributed by atoms with van der Waals surface area (Å²) in [6.07, 6.45) is 0.833. The number of hydrogen-bond acceptors (Lipinski definition) is 2. The zero-order valence-electron chi connectivity index (χ0n) is 10.6. The molecule has 96 valence electrons. The van der Waals surface area contributed by atoms with E-state index in [4.69, 9.17) is 11.6 Å². The fraction of sp³-hybridized carbons (Fsp3) is 0.467. The molecule has 18 heavy (non-hydrogen) atoms. The summed E-state index contributed by atoms with van der Waals surface area (Å²) in [5.41, 5.74) is 0.977. The number of aliphatic hydroxyl groups is 1. The van der Waals surface area contributed by atoms with E-state index in [2.05, 4.69) is 23.7 Å². The minimum Gasteiger partial charge on any atom is -0.392 e. The first kappa shape index (κ1) is 13.4. The van der Waals surface area contributed by atoms with E-state index in [0.29, 0.717) is 12.5 Å². The van der Waals surface area contributed by atoms with Gasteiger partial charge in [0.15, 0.2) is 0 Å². The van der Waals surface area contributed by atoms with Gasteiger partial charge in [-0.05, 0) is 43.1 Å². The summed E-state index contributed by atoms with van der Waals surface area (Å²) >= 11 is 5.81. The number of hydrogen-bond donors (Lipinski definition) is 1. The maximum Gasteiger partial charge on any atom is 0.0693 e. The van der Waals surface area contributed by atoms with Gasteiger partial charge in [0.25, 0.3) is 0 Å². The monoisotopic (exact) mass is 263 g/mol. The molecule has 1 fully saturated rings. The third-order valence-electron chi connectivity index (χ3n) is 3.38. The summed E-state index contributed by atoms with van der Waals surface area (Å²) in [5, 5.41) is 10.5. The summed E-state index contributed by atoms with van der Waals surface area (Å²) in [7, 11) is 0. The summed E-state index contributed by atoms with van der Waals surface area (Å²) in [4.78, 5) is 2.20. The Bertz CT molecular complexity index is 446. The van der Waals surface area contributed by atoms with Crippen LogP contribution < -0.4 is 0 Å². The lowest BCUT2D eigenvalue weighted by molar-refractivity contribution is 0.0351. The predicted octanol–water partition coefficient (Wildman–Crippen LogP) is 2.39. The Morgan fingerprint density at radius 3 is 2.78 bits per heavy atom. The van der Waals surface area contributed by atoms with Crippen molar-refractivity contribution in [1.82, 2.24) is 4.90 Å². The molecule has 0 aromatic heterocycles. The maximum absolute atomic E-state index is 9.79. The molecule has 2 nitrogen and oxygen atoms in total. The molecule has 1 N–H and O–H groups in total. The molecule has 0 radical (unpaired) electrons. The van der Waals surface area contributed by atoms with Crippen LogP contribution in [-0.2, 0) is 0 Å². The summed E-state index contributed by atoms with van der Waals surface area (Å²) in [6.45, 7) is 4.57. The van der Waals surface area contributed by atoms with Crippen molar-refractivity contribution in [2.75, 3.05) is 19.6 Å². The van der Waals surface area contributed by atoms with Crippen molar-refractivity contribution in [3.63, 3.8) is 0 Å². The van der Waals surface area contributed by atoms with Crippen LogP contribution >= 0.6 is 11.6 Å². The van der Waals surface area contributed by atoms with Gasteiger partial charge in [-0.2, -0.15) is 0 Å². The molecule has 1 saturated heterocycles. The van der Waals surface area contributed by atoms with Crippen molar-refractivity contribution in [2.45, 2.75) is 19.4 Å². The highest BCUT2D eigenvalue weighted by Crippen LogP contribution is 2.16. The van der Waals surface area contributed by atoms with Gasteiger partial charge in [-0.3, -0.25) is 4.90 Å². The van der Waals surface area contributed by atoms with Crippen molar-refractivity contribution in [3.05, 3.63) is 34.9 Å².